The van der Waals surface area contributed by atoms with E-state index in [1.165, 1.54) is 32.2 Å². The van der Waals surface area contributed by atoms with Crippen LogP contribution in [0.15, 0.2) is 18.2 Å². The number of benzene rings is 2. The number of Topliss-reactive ketones (excluding diaryl/α,β-unsaturated/α-hetero) is 1. The fourth-order valence-corrected chi connectivity index (χ4v) is 6.43. The van der Waals surface area contributed by atoms with Gasteiger partial charge in [-0.1, -0.05) is 12.1 Å². The normalized spacial score (nSPS) is 32.6. The van der Waals surface area contributed by atoms with E-state index in [0.717, 1.165) is 6.54 Å². The first-order valence-corrected chi connectivity index (χ1v) is 13.3. The molecule has 0 amide bonds. The summed E-state index contributed by atoms with van der Waals surface area (Å²) in [5, 5.41) is 48.1. The number of hydrogen-bond donors (Lipinski definition) is 5. The number of carbonyl (C=O) groups excluding carboxylic acids is 3. The van der Waals surface area contributed by atoms with Gasteiger partial charge in [0, 0.05) is 54.5 Å². The maximum atomic E-state index is 13.7. The molecule has 0 bridgehead atoms. The predicted molar refractivity (Wildman–Crippen MR) is 138 cm³/mol. The number of phenols is 2. The van der Waals surface area contributed by atoms with Crippen molar-refractivity contribution < 1.29 is 49.0 Å². The molecule has 4 aliphatic rings. The standard InChI is InChI=1S/C29H31NO10/c1-11-24(32)14(16-10-30-16)7-19(39-11)40-18-9-29(37,12(2)31)8-15-21(18)28(36)23-22(26(15)34)25(33)13-5-4-6-17(38-3)20(13)27(23)35/h4-6,11,14,16,18-19,24,30,32,34,36-37H,7-10H2,1-3H3/t11-,14+,16?,18+,19-,24+,29-/m0/s1. The van der Waals surface area contributed by atoms with Crippen molar-refractivity contribution >= 4 is 17.3 Å². The van der Waals surface area contributed by atoms with Gasteiger partial charge in [-0.2, -0.15) is 0 Å². The van der Waals surface area contributed by atoms with E-state index in [9.17, 15) is 34.8 Å². The van der Waals surface area contributed by atoms with Crippen LogP contribution in [0.2, 0.25) is 0 Å². The first kappa shape index (κ1) is 26.9. The highest BCUT2D eigenvalue weighted by atomic mass is 16.7. The summed E-state index contributed by atoms with van der Waals surface area (Å²) < 4.78 is 17.5. The van der Waals surface area contributed by atoms with Gasteiger partial charge < -0.3 is 40.0 Å². The quantitative estimate of drug-likeness (QED) is 0.227. The summed E-state index contributed by atoms with van der Waals surface area (Å²) >= 11 is 0. The van der Waals surface area contributed by atoms with Crippen molar-refractivity contribution in [3.05, 3.63) is 51.6 Å². The summed E-state index contributed by atoms with van der Waals surface area (Å²) in [6, 6.07) is 4.58. The highest BCUT2D eigenvalue weighted by Crippen LogP contribution is 2.52. The van der Waals surface area contributed by atoms with E-state index in [4.69, 9.17) is 14.2 Å². The van der Waals surface area contributed by atoms with Gasteiger partial charge in [-0.25, -0.2) is 0 Å². The van der Waals surface area contributed by atoms with Crippen molar-refractivity contribution in [2.45, 2.75) is 69.4 Å². The molecule has 7 atom stereocenters. The Morgan fingerprint density at radius 1 is 1.12 bits per heavy atom. The summed E-state index contributed by atoms with van der Waals surface area (Å²) in [7, 11) is 1.35. The molecule has 2 fully saturated rings. The van der Waals surface area contributed by atoms with Crippen LogP contribution in [-0.4, -0.2) is 81.6 Å². The third-order valence-electron chi connectivity index (χ3n) is 8.75. The minimum atomic E-state index is -1.98. The van der Waals surface area contributed by atoms with Gasteiger partial charge in [0.05, 0.1) is 42.1 Å². The molecule has 6 rings (SSSR count). The third-order valence-corrected chi connectivity index (χ3v) is 8.75. The van der Waals surface area contributed by atoms with Crippen LogP contribution in [0.1, 0.15) is 75.8 Å². The Labute approximate surface area is 229 Å². The maximum absolute atomic E-state index is 13.7. The predicted octanol–water partition coefficient (Wildman–Crippen LogP) is 1.29. The second kappa shape index (κ2) is 9.35. The summed E-state index contributed by atoms with van der Waals surface area (Å²) in [5.41, 5.74) is -2.86. The van der Waals surface area contributed by atoms with Gasteiger partial charge in [0.2, 0.25) is 5.78 Å². The van der Waals surface area contributed by atoms with Crippen molar-refractivity contribution in [1.29, 1.82) is 0 Å². The molecule has 2 aliphatic carbocycles. The largest absolute Gasteiger partial charge is 0.507 e. The van der Waals surface area contributed by atoms with E-state index >= 15 is 0 Å². The van der Waals surface area contributed by atoms with E-state index in [1.54, 1.807) is 6.92 Å². The van der Waals surface area contributed by atoms with Crippen molar-refractivity contribution in [2.75, 3.05) is 13.7 Å². The fourth-order valence-electron chi connectivity index (χ4n) is 6.43. The van der Waals surface area contributed by atoms with Gasteiger partial charge in [-0.05, 0) is 19.9 Å². The van der Waals surface area contributed by atoms with Gasteiger partial charge in [0.25, 0.3) is 0 Å². The first-order chi connectivity index (χ1) is 19.0. The first-order valence-electron chi connectivity index (χ1n) is 13.3. The number of aliphatic hydroxyl groups excluding tert-OH is 1. The van der Waals surface area contributed by atoms with E-state index in [-0.39, 0.29) is 46.4 Å². The second-order valence-electron chi connectivity index (χ2n) is 11.1. The minimum absolute atomic E-state index is 0.000169. The van der Waals surface area contributed by atoms with Gasteiger partial charge >= 0.3 is 0 Å². The van der Waals surface area contributed by atoms with Crippen LogP contribution in [0.3, 0.4) is 0 Å². The van der Waals surface area contributed by atoms with Crippen LogP contribution in [0, 0.1) is 5.92 Å². The average Bonchev–Trinajstić information content (AvgIpc) is 3.76. The number of fused-ring (bicyclic) bond motifs is 3. The number of hydrogen-bond acceptors (Lipinski definition) is 11. The number of ketones is 3. The number of ether oxygens (including phenoxy) is 3. The highest BCUT2D eigenvalue weighted by Gasteiger charge is 2.50. The van der Waals surface area contributed by atoms with Crippen LogP contribution in [-0.2, 0) is 20.7 Å². The van der Waals surface area contributed by atoms with Gasteiger partial charge in [0.1, 0.15) is 22.8 Å². The maximum Gasteiger partial charge on any atom is 0.202 e. The number of rotatable bonds is 5. The van der Waals surface area contributed by atoms with Crippen LogP contribution in [0.25, 0.3) is 0 Å². The lowest BCUT2D eigenvalue weighted by Crippen LogP contribution is -2.49. The van der Waals surface area contributed by atoms with Gasteiger partial charge in [0.15, 0.2) is 17.9 Å². The zero-order chi connectivity index (χ0) is 28.7. The molecule has 212 valence electrons. The SMILES string of the molecule is COc1cccc2c1C(=O)c1c(O)c3c(c(O)c1C2=O)C[C@@](O)(C(C)=O)C[C@H]3O[C@H]1C[C@H](C2CN2)[C@H](O)[C@H](C)O1. The van der Waals surface area contributed by atoms with Crippen LogP contribution in [0.5, 0.6) is 17.2 Å². The van der Waals surface area contributed by atoms with Crippen LogP contribution >= 0.6 is 0 Å². The molecule has 11 nitrogen and oxygen atoms in total. The Bertz CT molecular complexity index is 1450. The molecule has 0 saturated carbocycles. The number of aliphatic hydroxyl groups is 2. The lowest BCUT2D eigenvalue weighted by atomic mass is 9.72. The molecule has 0 aromatic heterocycles. The average molecular weight is 554 g/mol. The van der Waals surface area contributed by atoms with Crippen LogP contribution < -0.4 is 10.1 Å². The molecule has 11 heteroatoms. The Morgan fingerprint density at radius 3 is 2.48 bits per heavy atom. The summed E-state index contributed by atoms with van der Waals surface area (Å²) in [5.74, 6) is -3.21. The summed E-state index contributed by atoms with van der Waals surface area (Å²) in [6.07, 6.45) is -3.75. The topological polar surface area (TPSA) is 182 Å². The molecule has 2 heterocycles. The summed E-state index contributed by atoms with van der Waals surface area (Å²) in [4.78, 5) is 39.9. The van der Waals surface area contributed by atoms with Crippen molar-refractivity contribution in [3.63, 3.8) is 0 Å². The minimum Gasteiger partial charge on any atom is -0.507 e. The van der Waals surface area contributed by atoms with E-state index < -0.39 is 76.6 Å². The molecular weight excluding hydrogens is 522 g/mol. The second-order valence-corrected chi connectivity index (χ2v) is 11.1. The van der Waals surface area contributed by atoms with Crippen LogP contribution in [0.4, 0.5) is 0 Å². The van der Waals surface area contributed by atoms with E-state index in [0.29, 0.717) is 6.42 Å². The number of aromatic hydroxyl groups is 2. The Kier molecular flexibility index (Phi) is 6.28. The zero-order valence-electron chi connectivity index (χ0n) is 22.3. The Balaban J connectivity index is 1.48. The highest BCUT2D eigenvalue weighted by molar-refractivity contribution is 6.31. The lowest BCUT2D eigenvalue weighted by molar-refractivity contribution is -0.256. The Hall–Kier alpha value is -3.35. The molecular formula is C29H31NO10. The number of phenolic OH excluding ortho intramolecular Hbond substituents is 2. The monoisotopic (exact) mass is 553 g/mol. The molecule has 2 aromatic carbocycles. The van der Waals surface area contributed by atoms with Crippen molar-refractivity contribution in [3.8, 4) is 17.2 Å². The van der Waals surface area contributed by atoms with Gasteiger partial charge in [-0.15, -0.1) is 0 Å². The zero-order valence-corrected chi connectivity index (χ0v) is 22.3. The smallest absolute Gasteiger partial charge is 0.202 e. The fraction of sp³-hybridized carbons (Fsp3) is 0.483. The molecule has 2 aliphatic heterocycles. The van der Waals surface area contributed by atoms with Gasteiger partial charge in [-0.3, -0.25) is 14.4 Å². The number of carbonyl (C=O) groups is 3. The molecule has 2 saturated heterocycles. The molecule has 1 unspecified atom stereocenters. The molecule has 2 aromatic rings. The molecule has 5 N–H and O–H groups in total. The number of nitrogens with one attached hydrogen (secondary N) is 1. The van der Waals surface area contributed by atoms with Crippen molar-refractivity contribution in [1.82, 2.24) is 5.32 Å². The molecule has 40 heavy (non-hydrogen) atoms. The third kappa shape index (κ3) is 3.95. The summed E-state index contributed by atoms with van der Waals surface area (Å²) in [6.45, 7) is 3.67. The molecule has 0 radical (unpaired) electrons. The van der Waals surface area contributed by atoms with E-state index in [2.05, 4.69) is 5.32 Å². The lowest BCUT2D eigenvalue weighted by Gasteiger charge is -2.42. The molecule has 0 spiro atoms. The number of methoxy groups -OCH3 is 1. The van der Waals surface area contributed by atoms with E-state index in [1.807, 2.05) is 0 Å². The van der Waals surface area contributed by atoms with Crippen molar-refractivity contribution in [2.24, 2.45) is 5.92 Å². The Morgan fingerprint density at radius 2 is 1.82 bits per heavy atom.